The molecule has 0 aromatic rings. The van der Waals surface area contributed by atoms with Crippen LogP contribution in [0.1, 0.15) is 136 Å². The number of rotatable bonds is 26. The second-order valence-corrected chi connectivity index (χ2v) is 10.1. The number of hydrogen-bond donors (Lipinski definition) is 3. The molecule has 4 nitrogen and oxygen atoms in total. The topological polar surface area (TPSA) is 69.6 Å². The Hall–Kier alpha value is -1.65. The predicted octanol–water partition coefficient (Wildman–Crippen LogP) is 8.50. The van der Waals surface area contributed by atoms with Crippen molar-refractivity contribution >= 4 is 5.91 Å². The summed E-state index contributed by atoms with van der Waals surface area (Å²) in [6, 6.07) is -0.540. The molecule has 0 heterocycles. The summed E-state index contributed by atoms with van der Waals surface area (Å²) in [7, 11) is 0. The Morgan fingerprint density at radius 1 is 0.676 bits per heavy atom. The first kappa shape index (κ1) is 35.4. The van der Waals surface area contributed by atoms with Crippen LogP contribution in [-0.4, -0.2) is 34.9 Å². The fraction of sp³-hybridized carbons (Fsp3) is 0.727. The van der Waals surface area contributed by atoms with Gasteiger partial charge in [0.1, 0.15) is 0 Å². The molecule has 37 heavy (non-hydrogen) atoms. The van der Waals surface area contributed by atoms with Gasteiger partial charge in [0.05, 0.1) is 18.8 Å². The van der Waals surface area contributed by atoms with Crippen LogP contribution in [0.3, 0.4) is 0 Å². The van der Waals surface area contributed by atoms with Gasteiger partial charge in [-0.05, 0) is 51.4 Å². The van der Waals surface area contributed by atoms with Crippen molar-refractivity contribution in [3.63, 3.8) is 0 Å². The highest BCUT2D eigenvalue weighted by Gasteiger charge is 2.19. The van der Waals surface area contributed by atoms with Crippen molar-refractivity contribution < 1.29 is 15.0 Å². The van der Waals surface area contributed by atoms with Crippen molar-refractivity contribution in [1.29, 1.82) is 0 Å². The summed E-state index contributed by atoms with van der Waals surface area (Å²) in [5, 5.41) is 22.7. The number of carbonyl (C=O) groups excluding carboxylic acids is 1. The molecule has 0 aromatic carbocycles. The zero-order valence-corrected chi connectivity index (χ0v) is 24.2. The number of nitrogens with one attached hydrogen (secondary N) is 1. The summed E-state index contributed by atoms with van der Waals surface area (Å²) < 4.78 is 0. The van der Waals surface area contributed by atoms with Gasteiger partial charge in [-0.2, -0.15) is 0 Å². The first-order valence-electron chi connectivity index (χ1n) is 15.3. The van der Waals surface area contributed by atoms with E-state index < -0.39 is 12.1 Å². The Bertz CT molecular complexity index is 609. The average molecular weight is 518 g/mol. The highest BCUT2D eigenvalue weighted by Crippen LogP contribution is 2.12. The van der Waals surface area contributed by atoms with Gasteiger partial charge in [-0.25, -0.2) is 0 Å². The normalized spacial score (nSPS) is 13.9. The lowest BCUT2D eigenvalue weighted by molar-refractivity contribution is -0.123. The minimum Gasteiger partial charge on any atom is -0.394 e. The van der Waals surface area contributed by atoms with Crippen LogP contribution >= 0.6 is 0 Å². The minimum absolute atomic E-state index is 0.0552. The van der Waals surface area contributed by atoms with Gasteiger partial charge in [0, 0.05) is 6.42 Å². The van der Waals surface area contributed by atoms with Crippen LogP contribution in [0.25, 0.3) is 0 Å². The summed E-state index contributed by atoms with van der Waals surface area (Å²) in [5.74, 6) is -0.0552. The minimum atomic E-state index is -0.662. The van der Waals surface area contributed by atoms with Crippen molar-refractivity contribution in [2.24, 2.45) is 0 Å². The van der Waals surface area contributed by atoms with Crippen LogP contribution < -0.4 is 5.32 Å². The molecular formula is C33H59NO3. The van der Waals surface area contributed by atoms with E-state index in [9.17, 15) is 15.0 Å². The van der Waals surface area contributed by atoms with Crippen molar-refractivity contribution in [3.05, 3.63) is 48.6 Å². The molecule has 1 amide bonds. The van der Waals surface area contributed by atoms with E-state index in [1.54, 1.807) is 0 Å². The van der Waals surface area contributed by atoms with Crippen molar-refractivity contribution in [1.82, 2.24) is 5.32 Å². The standard InChI is InChI=1S/C33H59NO3/c1-3-5-7-9-11-12-13-14-15-16-17-18-19-20-21-22-23-25-27-29-33(37)34-31(30-35)32(36)28-26-24-10-8-6-4-2/h5,7,11-12,14-15,17-18,31-32,35-36H,3-4,6,8-10,13,16,19-30H2,1-2H3,(H,34,37)/b7-5-,12-11-,15-14-,18-17-. The Morgan fingerprint density at radius 2 is 1.19 bits per heavy atom. The van der Waals surface area contributed by atoms with Gasteiger partial charge in [0.25, 0.3) is 0 Å². The molecule has 0 aliphatic rings. The largest absolute Gasteiger partial charge is 0.394 e. The Labute approximate surface area is 229 Å². The molecule has 0 saturated heterocycles. The molecule has 0 aromatic heterocycles. The third kappa shape index (κ3) is 25.8. The van der Waals surface area contributed by atoms with E-state index >= 15 is 0 Å². The number of aliphatic hydroxyl groups is 2. The quantitative estimate of drug-likeness (QED) is 0.0795. The average Bonchev–Trinajstić information content (AvgIpc) is 2.90. The molecule has 0 bridgehead atoms. The number of carbonyl (C=O) groups is 1. The first-order valence-corrected chi connectivity index (χ1v) is 15.3. The molecule has 2 atom stereocenters. The van der Waals surface area contributed by atoms with Crippen LogP contribution in [0.2, 0.25) is 0 Å². The van der Waals surface area contributed by atoms with E-state index in [1.807, 2.05) is 0 Å². The molecule has 4 heteroatoms. The SMILES string of the molecule is CC/C=C\C/C=C\C/C=C\C/C=C\CCCCCCCCC(=O)NC(CO)C(O)CCCCCCCC. The molecule has 0 radical (unpaired) electrons. The Morgan fingerprint density at radius 3 is 1.78 bits per heavy atom. The fourth-order valence-corrected chi connectivity index (χ4v) is 4.23. The number of allylic oxidation sites excluding steroid dienone is 8. The summed E-state index contributed by atoms with van der Waals surface area (Å²) >= 11 is 0. The van der Waals surface area contributed by atoms with Gasteiger partial charge in [-0.3, -0.25) is 4.79 Å². The van der Waals surface area contributed by atoms with Gasteiger partial charge in [-0.15, -0.1) is 0 Å². The van der Waals surface area contributed by atoms with E-state index in [1.165, 1.54) is 44.9 Å². The van der Waals surface area contributed by atoms with Crippen molar-refractivity contribution in [2.45, 2.75) is 148 Å². The summed E-state index contributed by atoms with van der Waals surface area (Å²) in [6.45, 7) is 4.15. The maximum absolute atomic E-state index is 12.2. The molecule has 214 valence electrons. The molecule has 2 unspecified atom stereocenters. The smallest absolute Gasteiger partial charge is 0.220 e. The highest BCUT2D eigenvalue weighted by atomic mass is 16.3. The second-order valence-electron chi connectivity index (χ2n) is 10.1. The van der Waals surface area contributed by atoms with Gasteiger partial charge in [-0.1, -0.05) is 127 Å². The van der Waals surface area contributed by atoms with Gasteiger partial charge >= 0.3 is 0 Å². The number of amides is 1. The second kappa shape index (κ2) is 28.9. The molecular weight excluding hydrogens is 458 g/mol. The highest BCUT2D eigenvalue weighted by molar-refractivity contribution is 5.76. The maximum atomic E-state index is 12.2. The van der Waals surface area contributed by atoms with Crippen LogP contribution in [0.5, 0.6) is 0 Å². The van der Waals surface area contributed by atoms with E-state index in [0.29, 0.717) is 12.8 Å². The molecule has 0 spiro atoms. The van der Waals surface area contributed by atoms with Crippen molar-refractivity contribution in [2.75, 3.05) is 6.61 Å². The van der Waals surface area contributed by atoms with Crippen LogP contribution in [0, 0.1) is 0 Å². The van der Waals surface area contributed by atoms with Gasteiger partial charge in [0.15, 0.2) is 0 Å². The summed E-state index contributed by atoms with van der Waals surface area (Å²) in [4.78, 5) is 12.2. The van der Waals surface area contributed by atoms with E-state index in [0.717, 1.165) is 64.2 Å². The summed E-state index contributed by atoms with van der Waals surface area (Å²) in [5.41, 5.74) is 0. The first-order chi connectivity index (χ1) is 18.2. The molecule has 0 rings (SSSR count). The number of unbranched alkanes of at least 4 members (excludes halogenated alkanes) is 11. The predicted molar refractivity (Wildman–Crippen MR) is 161 cm³/mol. The zero-order chi connectivity index (χ0) is 27.2. The molecule has 0 saturated carbocycles. The van der Waals surface area contributed by atoms with E-state index in [-0.39, 0.29) is 12.5 Å². The molecule has 0 fully saturated rings. The summed E-state index contributed by atoms with van der Waals surface area (Å²) in [6.07, 6.45) is 37.4. The lowest BCUT2D eigenvalue weighted by Gasteiger charge is -2.22. The maximum Gasteiger partial charge on any atom is 0.220 e. The third-order valence-corrected chi connectivity index (χ3v) is 6.60. The van der Waals surface area contributed by atoms with Gasteiger partial charge < -0.3 is 15.5 Å². The lowest BCUT2D eigenvalue weighted by Crippen LogP contribution is -2.45. The third-order valence-electron chi connectivity index (χ3n) is 6.60. The molecule has 0 aliphatic carbocycles. The van der Waals surface area contributed by atoms with Crippen LogP contribution in [-0.2, 0) is 4.79 Å². The molecule has 3 N–H and O–H groups in total. The fourth-order valence-electron chi connectivity index (χ4n) is 4.23. The van der Waals surface area contributed by atoms with Gasteiger partial charge in [0.2, 0.25) is 5.91 Å². The Balaban J connectivity index is 3.63. The van der Waals surface area contributed by atoms with E-state index in [2.05, 4.69) is 67.8 Å². The number of aliphatic hydroxyl groups excluding tert-OH is 2. The zero-order valence-electron chi connectivity index (χ0n) is 24.2. The monoisotopic (exact) mass is 517 g/mol. The van der Waals surface area contributed by atoms with Crippen LogP contribution in [0.15, 0.2) is 48.6 Å². The molecule has 0 aliphatic heterocycles. The van der Waals surface area contributed by atoms with Crippen LogP contribution in [0.4, 0.5) is 0 Å². The van der Waals surface area contributed by atoms with E-state index in [4.69, 9.17) is 0 Å². The number of hydrogen-bond acceptors (Lipinski definition) is 3. The Kier molecular flexibility index (Phi) is 27.6. The van der Waals surface area contributed by atoms with Crippen molar-refractivity contribution in [3.8, 4) is 0 Å². The lowest BCUT2D eigenvalue weighted by atomic mass is 10.0.